The molecule has 0 unspecified atom stereocenters. The van der Waals surface area contributed by atoms with Gasteiger partial charge in [-0.3, -0.25) is 9.59 Å². The number of benzene rings is 2. The number of anilines is 1. The summed E-state index contributed by atoms with van der Waals surface area (Å²) in [7, 11) is 3.31. The van der Waals surface area contributed by atoms with Crippen molar-refractivity contribution < 1.29 is 14.0 Å². The van der Waals surface area contributed by atoms with Crippen LogP contribution < -0.4 is 5.32 Å². The summed E-state index contributed by atoms with van der Waals surface area (Å²) in [6.45, 7) is 0. The maximum atomic E-state index is 12.5. The third-order valence-electron chi connectivity index (χ3n) is 4.29. The van der Waals surface area contributed by atoms with E-state index in [1.807, 2.05) is 6.07 Å². The second kappa shape index (κ2) is 9.52. The van der Waals surface area contributed by atoms with Gasteiger partial charge in [-0.1, -0.05) is 29.3 Å². The Morgan fingerprint density at radius 2 is 1.77 bits per heavy atom. The number of rotatable bonds is 5. The van der Waals surface area contributed by atoms with Gasteiger partial charge in [-0.2, -0.15) is 5.26 Å². The number of nitrogens with zero attached hydrogens (tertiary/aromatic N) is 2. The highest BCUT2D eigenvalue weighted by atomic mass is 35.5. The third-order valence-corrected chi connectivity index (χ3v) is 5.11. The van der Waals surface area contributed by atoms with Crippen LogP contribution in [-0.2, 0) is 4.79 Å². The first-order valence-corrected chi connectivity index (χ1v) is 9.85. The maximum Gasteiger partial charge on any atom is 0.266 e. The first kappa shape index (κ1) is 22.2. The molecule has 0 radical (unpaired) electrons. The van der Waals surface area contributed by atoms with Crippen LogP contribution in [0.2, 0.25) is 10.0 Å². The molecule has 6 nitrogen and oxygen atoms in total. The minimum Gasteiger partial charge on any atom is -0.457 e. The fourth-order valence-electron chi connectivity index (χ4n) is 2.71. The molecule has 0 aliphatic heterocycles. The Labute approximate surface area is 189 Å². The third kappa shape index (κ3) is 5.15. The molecule has 0 aliphatic rings. The van der Waals surface area contributed by atoms with Crippen LogP contribution in [-0.4, -0.2) is 30.8 Å². The summed E-state index contributed by atoms with van der Waals surface area (Å²) >= 11 is 12.2. The van der Waals surface area contributed by atoms with Crippen LogP contribution in [0.1, 0.15) is 16.1 Å². The quantitative estimate of drug-likeness (QED) is 0.408. The van der Waals surface area contributed by atoms with Gasteiger partial charge in [0.15, 0.2) is 0 Å². The van der Waals surface area contributed by atoms with Crippen molar-refractivity contribution in [2.24, 2.45) is 0 Å². The minimum absolute atomic E-state index is 0.147. The van der Waals surface area contributed by atoms with Gasteiger partial charge in [0.05, 0.1) is 10.0 Å². The first-order chi connectivity index (χ1) is 14.8. The van der Waals surface area contributed by atoms with E-state index in [0.717, 1.165) is 0 Å². The highest BCUT2D eigenvalue weighted by Crippen LogP contribution is 2.34. The number of carbonyl (C=O) groups is 2. The van der Waals surface area contributed by atoms with Gasteiger partial charge in [0.25, 0.3) is 11.8 Å². The summed E-state index contributed by atoms with van der Waals surface area (Å²) in [4.78, 5) is 25.9. The van der Waals surface area contributed by atoms with E-state index in [1.165, 1.54) is 11.0 Å². The normalized spacial score (nSPS) is 11.0. The fourth-order valence-corrected chi connectivity index (χ4v) is 3.11. The second-order valence-electron chi connectivity index (χ2n) is 6.70. The summed E-state index contributed by atoms with van der Waals surface area (Å²) in [5.74, 6) is 0.0131. The first-order valence-electron chi connectivity index (χ1n) is 9.09. The number of halogens is 2. The van der Waals surface area contributed by atoms with E-state index in [9.17, 15) is 14.9 Å². The van der Waals surface area contributed by atoms with Crippen molar-refractivity contribution in [3.8, 4) is 17.4 Å². The van der Waals surface area contributed by atoms with Crippen LogP contribution in [0.4, 0.5) is 5.69 Å². The van der Waals surface area contributed by atoms with E-state index in [-0.39, 0.29) is 11.5 Å². The molecule has 1 aromatic heterocycles. The highest BCUT2D eigenvalue weighted by molar-refractivity contribution is 6.43. The molecule has 0 spiro atoms. The number of furan rings is 1. The standard InChI is InChI=1S/C23H17Cl2N3O3/c1-28(2)23(30)14-6-8-16(9-7-14)27-22(29)15(13-26)12-17-10-11-20(31-17)18-4-3-5-19(24)21(18)25/h3-12H,1-2H3,(H,27,29)/b15-12+. The maximum absolute atomic E-state index is 12.5. The van der Waals surface area contributed by atoms with Gasteiger partial charge in [-0.05, 0) is 48.5 Å². The summed E-state index contributed by atoms with van der Waals surface area (Å²) in [5.41, 5.74) is 1.39. The van der Waals surface area contributed by atoms with Crippen molar-refractivity contribution in [3.05, 3.63) is 81.5 Å². The molecule has 1 heterocycles. The van der Waals surface area contributed by atoms with Crippen LogP contribution >= 0.6 is 23.2 Å². The predicted octanol–water partition coefficient (Wildman–Crippen LogP) is 5.50. The van der Waals surface area contributed by atoms with Crippen molar-refractivity contribution in [2.75, 3.05) is 19.4 Å². The van der Waals surface area contributed by atoms with Crippen molar-refractivity contribution in [1.29, 1.82) is 5.26 Å². The predicted molar refractivity (Wildman–Crippen MR) is 121 cm³/mol. The van der Waals surface area contributed by atoms with E-state index in [2.05, 4.69) is 5.32 Å². The van der Waals surface area contributed by atoms with Gasteiger partial charge >= 0.3 is 0 Å². The summed E-state index contributed by atoms with van der Waals surface area (Å²) < 4.78 is 5.71. The Kier molecular flexibility index (Phi) is 6.81. The Balaban J connectivity index is 1.77. The Morgan fingerprint density at radius 3 is 2.42 bits per heavy atom. The number of hydrogen-bond donors (Lipinski definition) is 1. The molecule has 2 amide bonds. The zero-order valence-electron chi connectivity index (χ0n) is 16.6. The van der Waals surface area contributed by atoms with E-state index in [0.29, 0.717) is 38.4 Å². The van der Waals surface area contributed by atoms with Crippen LogP contribution in [0.25, 0.3) is 17.4 Å². The van der Waals surface area contributed by atoms with Gasteiger partial charge in [0, 0.05) is 37.0 Å². The van der Waals surface area contributed by atoms with Crippen molar-refractivity contribution in [1.82, 2.24) is 4.90 Å². The molecule has 0 atom stereocenters. The van der Waals surface area contributed by atoms with Crippen LogP contribution in [0, 0.1) is 11.3 Å². The van der Waals surface area contributed by atoms with E-state index >= 15 is 0 Å². The largest absolute Gasteiger partial charge is 0.457 e. The molecule has 2 aromatic carbocycles. The number of carbonyl (C=O) groups excluding carboxylic acids is 2. The van der Waals surface area contributed by atoms with E-state index in [1.54, 1.807) is 68.7 Å². The number of nitriles is 1. The lowest BCUT2D eigenvalue weighted by Crippen LogP contribution is -2.21. The SMILES string of the molecule is CN(C)C(=O)c1ccc(NC(=O)/C(C#N)=C/c2ccc(-c3cccc(Cl)c3Cl)o2)cc1. The Morgan fingerprint density at radius 1 is 1.06 bits per heavy atom. The van der Waals surface area contributed by atoms with E-state index < -0.39 is 5.91 Å². The number of hydrogen-bond acceptors (Lipinski definition) is 4. The van der Waals surface area contributed by atoms with Gasteiger partial charge in [0.1, 0.15) is 23.2 Å². The Hall–Kier alpha value is -3.53. The van der Waals surface area contributed by atoms with Gasteiger partial charge < -0.3 is 14.6 Å². The molecular weight excluding hydrogens is 437 g/mol. The summed E-state index contributed by atoms with van der Waals surface area (Å²) in [5, 5.41) is 12.8. The fraction of sp³-hybridized carbons (Fsp3) is 0.0870. The summed E-state index contributed by atoms with van der Waals surface area (Å²) in [6.07, 6.45) is 1.33. The number of amides is 2. The van der Waals surface area contributed by atoms with Gasteiger partial charge in [-0.25, -0.2) is 0 Å². The van der Waals surface area contributed by atoms with Crippen molar-refractivity contribution in [2.45, 2.75) is 0 Å². The Bertz CT molecular complexity index is 1210. The molecule has 1 N–H and O–H groups in total. The average Bonchev–Trinajstić information content (AvgIpc) is 3.22. The molecule has 0 aliphatic carbocycles. The molecule has 156 valence electrons. The molecule has 0 saturated carbocycles. The molecule has 3 rings (SSSR count). The average molecular weight is 454 g/mol. The molecule has 3 aromatic rings. The summed E-state index contributed by atoms with van der Waals surface area (Å²) in [6, 6.07) is 16.7. The second-order valence-corrected chi connectivity index (χ2v) is 7.49. The zero-order valence-corrected chi connectivity index (χ0v) is 18.2. The molecular formula is C23H17Cl2N3O3. The molecule has 0 saturated heterocycles. The van der Waals surface area contributed by atoms with Gasteiger partial charge in [-0.15, -0.1) is 0 Å². The molecule has 0 bridgehead atoms. The smallest absolute Gasteiger partial charge is 0.266 e. The van der Waals surface area contributed by atoms with E-state index in [4.69, 9.17) is 27.6 Å². The molecule has 0 fully saturated rings. The minimum atomic E-state index is -0.604. The van der Waals surface area contributed by atoms with Crippen LogP contribution in [0.5, 0.6) is 0 Å². The lowest BCUT2D eigenvalue weighted by Gasteiger charge is -2.10. The van der Waals surface area contributed by atoms with Crippen molar-refractivity contribution in [3.63, 3.8) is 0 Å². The highest BCUT2D eigenvalue weighted by Gasteiger charge is 2.14. The van der Waals surface area contributed by atoms with Crippen LogP contribution in [0.15, 0.2) is 64.6 Å². The van der Waals surface area contributed by atoms with Gasteiger partial charge in [0.2, 0.25) is 0 Å². The monoisotopic (exact) mass is 453 g/mol. The molecule has 8 heteroatoms. The lowest BCUT2D eigenvalue weighted by molar-refractivity contribution is -0.112. The zero-order chi connectivity index (χ0) is 22.5. The number of nitrogens with one attached hydrogen (secondary N) is 1. The van der Waals surface area contributed by atoms with Crippen LogP contribution in [0.3, 0.4) is 0 Å². The molecule has 31 heavy (non-hydrogen) atoms. The van der Waals surface area contributed by atoms with Crippen molar-refractivity contribution >= 4 is 46.8 Å². The topological polar surface area (TPSA) is 86.3 Å². The lowest BCUT2D eigenvalue weighted by atomic mass is 10.1.